The molecule has 1 aliphatic heterocycles. The number of rotatable bonds is 3. The largest absolute Gasteiger partial charge is 0.454 e. The maximum Gasteiger partial charge on any atom is 0.328 e. The predicted molar refractivity (Wildman–Crippen MR) is 91.9 cm³/mol. The van der Waals surface area contributed by atoms with E-state index in [1.807, 2.05) is 18.2 Å². The number of hydrogen-bond acceptors (Lipinski definition) is 4. The molecule has 0 aliphatic carbocycles. The van der Waals surface area contributed by atoms with Gasteiger partial charge in [0.15, 0.2) is 11.5 Å². The Morgan fingerprint density at radius 2 is 1.80 bits per heavy atom. The van der Waals surface area contributed by atoms with Crippen LogP contribution >= 0.6 is 0 Å². The minimum absolute atomic E-state index is 0.0726. The Hall–Kier alpha value is -3.22. The van der Waals surface area contributed by atoms with Gasteiger partial charge in [-0.25, -0.2) is 4.79 Å². The minimum Gasteiger partial charge on any atom is -0.454 e. The Morgan fingerprint density at radius 3 is 2.64 bits per heavy atom. The van der Waals surface area contributed by atoms with Crippen molar-refractivity contribution in [2.45, 2.75) is 6.54 Å². The Balaban J connectivity index is 1.53. The Morgan fingerprint density at radius 1 is 1.04 bits per heavy atom. The molecule has 2 aromatic carbocycles. The molecule has 4 rings (SSSR count). The predicted octanol–water partition coefficient (Wildman–Crippen LogP) is 1.54. The molecule has 1 N–H and O–H groups in total. The molecule has 1 aliphatic rings. The third-order valence-electron chi connectivity index (χ3n) is 4.42. The van der Waals surface area contributed by atoms with E-state index in [1.165, 1.54) is 0 Å². The average molecular weight is 339 g/mol. The zero-order valence-corrected chi connectivity index (χ0v) is 13.9. The van der Waals surface area contributed by atoms with Crippen LogP contribution in [-0.2, 0) is 20.6 Å². The molecule has 7 heteroatoms. The molecule has 0 spiro atoms. The van der Waals surface area contributed by atoms with Crippen LogP contribution in [0.5, 0.6) is 11.5 Å². The maximum atomic E-state index is 12.3. The fourth-order valence-electron chi connectivity index (χ4n) is 2.98. The summed E-state index contributed by atoms with van der Waals surface area (Å²) in [6, 6.07) is 10.8. The number of benzene rings is 2. The molecule has 7 nitrogen and oxygen atoms in total. The molecule has 0 unspecified atom stereocenters. The SMILES string of the molecule is Cn1c(=O)n(C)c2cc(CNC(=O)c3ccc4c(c3)OCO4)ccc21. The van der Waals surface area contributed by atoms with Gasteiger partial charge >= 0.3 is 5.69 Å². The van der Waals surface area contributed by atoms with E-state index in [9.17, 15) is 9.59 Å². The summed E-state index contributed by atoms with van der Waals surface area (Å²) in [5.74, 6) is 1.03. The molecule has 1 aromatic heterocycles. The van der Waals surface area contributed by atoms with Crippen LogP contribution in [0.1, 0.15) is 15.9 Å². The molecule has 2 heterocycles. The van der Waals surface area contributed by atoms with Crippen molar-refractivity contribution < 1.29 is 14.3 Å². The highest BCUT2D eigenvalue weighted by Gasteiger charge is 2.16. The number of ether oxygens (including phenoxy) is 2. The minimum atomic E-state index is -0.194. The van der Waals surface area contributed by atoms with Crippen LogP contribution in [0.3, 0.4) is 0 Å². The summed E-state index contributed by atoms with van der Waals surface area (Å²) in [7, 11) is 3.48. The van der Waals surface area contributed by atoms with Gasteiger partial charge in [0, 0.05) is 26.2 Å². The lowest BCUT2D eigenvalue weighted by Gasteiger charge is -2.07. The first-order chi connectivity index (χ1) is 12.0. The number of hydrogen-bond donors (Lipinski definition) is 1. The van der Waals surface area contributed by atoms with Crippen molar-refractivity contribution >= 4 is 16.9 Å². The zero-order chi connectivity index (χ0) is 17.6. The third-order valence-corrected chi connectivity index (χ3v) is 4.42. The Kier molecular flexibility index (Phi) is 3.49. The van der Waals surface area contributed by atoms with Gasteiger partial charge < -0.3 is 14.8 Å². The van der Waals surface area contributed by atoms with E-state index in [-0.39, 0.29) is 18.4 Å². The number of carbonyl (C=O) groups excluding carboxylic acids is 1. The standard InChI is InChI=1S/C18H17N3O4/c1-20-13-5-3-11(7-14(13)21(2)18(20)23)9-19-17(22)12-4-6-15-16(8-12)25-10-24-15/h3-8H,9-10H2,1-2H3,(H,19,22). The van der Waals surface area contributed by atoms with Crippen LogP contribution in [0.15, 0.2) is 41.2 Å². The molecule has 0 bridgehead atoms. The third kappa shape index (κ3) is 2.53. The summed E-state index contributed by atoms with van der Waals surface area (Å²) >= 11 is 0. The molecule has 0 saturated carbocycles. The molecule has 3 aromatic rings. The van der Waals surface area contributed by atoms with Gasteiger partial charge in [0.25, 0.3) is 5.91 Å². The number of aryl methyl sites for hydroxylation is 2. The fraction of sp³-hybridized carbons (Fsp3) is 0.222. The first-order valence-corrected chi connectivity index (χ1v) is 7.87. The molecule has 1 amide bonds. The molecular formula is C18H17N3O4. The van der Waals surface area contributed by atoms with Crippen molar-refractivity contribution in [3.63, 3.8) is 0 Å². The van der Waals surface area contributed by atoms with E-state index in [1.54, 1.807) is 41.4 Å². The van der Waals surface area contributed by atoms with Crippen LogP contribution in [0, 0.1) is 0 Å². The van der Waals surface area contributed by atoms with Crippen molar-refractivity contribution in [1.29, 1.82) is 0 Å². The van der Waals surface area contributed by atoms with Crippen LogP contribution < -0.4 is 20.5 Å². The second-order valence-corrected chi connectivity index (χ2v) is 5.97. The molecule has 0 atom stereocenters. The number of fused-ring (bicyclic) bond motifs is 2. The molecule has 0 saturated heterocycles. The highest BCUT2D eigenvalue weighted by molar-refractivity contribution is 5.95. The van der Waals surface area contributed by atoms with Crippen molar-refractivity contribution in [2.75, 3.05) is 6.79 Å². The van der Waals surface area contributed by atoms with Crippen LogP contribution in [0.4, 0.5) is 0 Å². The quantitative estimate of drug-likeness (QED) is 0.785. The smallest absolute Gasteiger partial charge is 0.328 e. The second-order valence-electron chi connectivity index (χ2n) is 5.97. The molecule has 0 fully saturated rings. The number of carbonyl (C=O) groups is 1. The Labute approximate surface area is 143 Å². The van der Waals surface area contributed by atoms with Gasteiger partial charge in [-0.1, -0.05) is 6.07 Å². The fourth-order valence-corrected chi connectivity index (χ4v) is 2.98. The molecule has 128 valence electrons. The summed E-state index contributed by atoms with van der Waals surface area (Å²) in [6.07, 6.45) is 0. The van der Waals surface area contributed by atoms with E-state index in [2.05, 4.69) is 5.32 Å². The summed E-state index contributed by atoms with van der Waals surface area (Å²) in [6.45, 7) is 0.544. The van der Waals surface area contributed by atoms with Crippen LogP contribution in [0.25, 0.3) is 11.0 Å². The summed E-state index contributed by atoms with van der Waals surface area (Å²) < 4.78 is 13.7. The first-order valence-electron chi connectivity index (χ1n) is 7.87. The van der Waals surface area contributed by atoms with E-state index < -0.39 is 0 Å². The van der Waals surface area contributed by atoms with Crippen molar-refractivity contribution in [3.05, 3.63) is 58.0 Å². The second kappa shape index (κ2) is 5.70. The van der Waals surface area contributed by atoms with E-state index >= 15 is 0 Å². The monoisotopic (exact) mass is 339 g/mol. The zero-order valence-electron chi connectivity index (χ0n) is 13.9. The highest BCUT2D eigenvalue weighted by Crippen LogP contribution is 2.32. The van der Waals surface area contributed by atoms with Gasteiger partial charge in [-0.2, -0.15) is 0 Å². The van der Waals surface area contributed by atoms with Gasteiger partial charge in [0.05, 0.1) is 11.0 Å². The lowest BCUT2D eigenvalue weighted by Crippen LogP contribution is -2.22. The van der Waals surface area contributed by atoms with Crippen molar-refractivity contribution in [1.82, 2.24) is 14.5 Å². The lowest BCUT2D eigenvalue weighted by molar-refractivity contribution is 0.0950. The average Bonchev–Trinajstić information content (AvgIpc) is 3.18. The number of aromatic nitrogens is 2. The molecular weight excluding hydrogens is 322 g/mol. The van der Waals surface area contributed by atoms with Crippen molar-refractivity contribution in [2.24, 2.45) is 14.1 Å². The topological polar surface area (TPSA) is 74.5 Å². The number of nitrogens with one attached hydrogen (secondary N) is 1. The van der Waals surface area contributed by atoms with Crippen LogP contribution in [0.2, 0.25) is 0 Å². The lowest BCUT2D eigenvalue weighted by atomic mass is 10.1. The normalized spacial score (nSPS) is 12.6. The van der Waals surface area contributed by atoms with Gasteiger partial charge in [-0.05, 0) is 35.9 Å². The summed E-state index contributed by atoms with van der Waals surface area (Å²) in [5.41, 5.74) is 3.05. The van der Waals surface area contributed by atoms with Crippen molar-refractivity contribution in [3.8, 4) is 11.5 Å². The van der Waals surface area contributed by atoms with E-state index in [0.717, 1.165) is 16.6 Å². The van der Waals surface area contributed by atoms with Gasteiger partial charge in [0.2, 0.25) is 6.79 Å². The van der Waals surface area contributed by atoms with Gasteiger partial charge in [0.1, 0.15) is 0 Å². The first kappa shape index (κ1) is 15.3. The highest BCUT2D eigenvalue weighted by atomic mass is 16.7. The molecule has 25 heavy (non-hydrogen) atoms. The Bertz CT molecular complexity index is 1050. The van der Waals surface area contributed by atoms with E-state index in [4.69, 9.17) is 9.47 Å². The molecule has 0 radical (unpaired) electrons. The van der Waals surface area contributed by atoms with Crippen LogP contribution in [-0.4, -0.2) is 21.8 Å². The maximum absolute atomic E-state index is 12.3. The number of amides is 1. The summed E-state index contributed by atoms with van der Waals surface area (Å²) in [4.78, 5) is 24.3. The van der Waals surface area contributed by atoms with Gasteiger partial charge in [-0.3, -0.25) is 13.9 Å². The summed E-state index contributed by atoms with van der Waals surface area (Å²) in [5, 5.41) is 2.88. The number of imidazole rings is 1. The van der Waals surface area contributed by atoms with E-state index in [0.29, 0.717) is 23.6 Å². The van der Waals surface area contributed by atoms with Gasteiger partial charge in [-0.15, -0.1) is 0 Å². The number of nitrogens with zero attached hydrogens (tertiary/aromatic N) is 2.